The van der Waals surface area contributed by atoms with Gasteiger partial charge in [0, 0.05) is 29.2 Å². The molecule has 2 heterocycles. The van der Waals surface area contributed by atoms with Gasteiger partial charge in [0.1, 0.15) is 17.3 Å². The van der Waals surface area contributed by atoms with E-state index in [1.165, 1.54) is 4.90 Å². The summed E-state index contributed by atoms with van der Waals surface area (Å²) in [6, 6.07) is 14.9. The van der Waals surface area contributed by atoms with Gasteiger partial charge in [-0.25, -0.2) is 0 Å². The van der Waals surface area contributed by atoms with Crippen molar-refractivity contribution in [2.24, 2.45) is 0 Å². The van der Waals surface area contributed by atoms with Crippen molar-refractivity contribution in [1.82, 2.24) is 4.98 Å². The highest BCUT2D eigenvalue weighted by molar-refractivity contribution is 6.51. The molecule has 1 aliphatic heterocycles. The van der Waals surface area contributed by atoms with E-state index in [-0.39, 0.29) is 16.7 Å². The zero-order valence-corrected chi connectivity index (χ0v) is 21.1. The van der Waals surface area contributed by atoms with Gasteiger partial charge >= 0.3 is 0 Å². The van der Waals surface area contributed by atoms with Crippen LogP contribution >= 0.6 is 0 Å². The van der Waals surface area contributed by atoms with E-state index in [1.54, 1.807) is 68.0 Å². The average Bonchev–Trinajstić information content (AvgIpc) is 3.14. The lowest BCUT2D eigenvalue weighted by atomic mass is 9.84. The molecule has 0 spiro atoms. The molecule has 1 aliphatic rings. The molecule has 1 fully saturated rings. The number of Topliss-reactive ketones (excluding diaryl/α,β-unsaturated/α-hetero) is 1. The Morgan fingerprint density at radius 2 is 1.69 bits per heavy atom. The Hall–Kier alpha value is -4.13. The van der Waals surface area contributed by atoms with Crippen LogP contribution in [0.15, 0.2) is 72.6 Å². The van der Waals surface area contributed by atoms with E-state index in [0.29, 0.717) is 34.9 Å². The minimum Gasteiger partial charge on any atom is -0.507 e. The predicted octanol–water partition coefficient (Wildman–Crippen LogP) is 5.41. The largest absolute Gasteiger partial charge is 0.507 e. The lowest BCUT2D eigenvalue weighted by Crippen LogP contribution is -2.29. The molecule has 1 aromatic heterocycles. The van der Waals surface area contributed by atoms with Gasteiger partial charge in [-0.05, 0) is 72.5 Å². The van der Waals surface area contributed by atoms with Crippen LogP contribution in [0.4, 0.5) is 5.69 Å². The van der Waals surface area contributed by atoms with Gasteiger partial charge in [-0.15, -0.1) is 0 Å². The Bertz CT molecular complexity index is 1310. The summed E-state index contributed by atoms with van der Waals surface area (Å²) in [7, 11) is 1.59. The van der Waals surface area contributed by atoms with Crippen LogP contribution in [0.2, 0.25) is 0 Å². The molecule has 2 aromatic carbocycles. The molecule has 7 nitrogen and oxygen atoms in total. The minimum absolute atomic E-state index is 0.0186. The number of nitrogens with zero attached hydrogens (tertiary/aromatic N) is 2. The molecule has 1 N–H and O–H groups in total. The first-order valence-electron chi connectivity index (χ1n) is 11.8. The van der Waals surface area contributed by atoms with Crippen LogP contribution in [-0.2, 0) is 15.0 Å². The zero-order valence-electron chi connectivity index (χ0n) is 21.1. The number of anilines is 1. The first-order chi connectivity index (χ1) is 17.2. The Kier molecular flexibility index (Phi) is 6.84. The summed E-state index contributed by atoms with van der Waals surface area (Å²) in [4.78, 5) is 32.2. The van der Waals surface area contributed by atoms with Crippen LogP contribution < -0.4 is 14.4 Å². The number of carbonyl (C=O) groups is 2. The lowest BCUT2D eigenvalue weighted by molar-refractivity contribution is -0.132. The van der Waals surface area contributed by atoms with E-state index < -0.39 is 17.7 Å². The van der Waals surface area contributed by atoms with Gasteiger partial charge in [-0.3, -0.25) is 19.5 Å². The molecular weight excluding hydrogens is 456 g/mol. The number of amides is 1. The normalized spacial score (nSPS) is 17.4. The molecule has 7 heteroatoms. The second-order valence-electron chi connectivity index (χ2n) is 9.54. The first-order valence-corrected chi connectivity index (χ1v) is 11.8. The predicted molar refractivity (Wildman–Crippen MR) is 138 cm³/mol. The van der Waals surface area contributed by atoms with Crippen molar-refractivity contribution in [2.45, 2.75) is 39.2 Å². The number of methoxy groups -OCH3 is 1. The molecule has 186 valence electrons. The molecule has 4 rings (SSSR count). The first kappa shape index (κ1) is 25.0. The Balaban J connectivity index is 1.90. The second kappa shape index (κ2) is 9.85. The quantitative estimate of drug-likeness (QED) is 0.285. The number of ether oxygens (including phenoxy) is 2. The van der Waals surface area contributed by atoms with Crippen molar-refractivity contribution in [1.29, 1.82) is 0 Å². The number of aliphatic hydroxyl groups excluding tert-OH is 1. The van der Waals surface area contributed by atoms with Crippen molar-refractivity contribution in [3.8, 4) is 11.5 Å². The van der Waals surface area contributed by atoms with Crippen molar-refractivity contribution in [2.75, 3.05) is 18.6 Å². The summed E-state index contributed by atoms with van der Waals surface area (Å²) in [6.07, 6.45) is 3.19. The van der Waals surface area contributed by atoms with Crippen LogP contribution in [0.5, 0.6) is 11.5 Å². The maximum Gasteiger partial charge on any atom is 0.300 e. The van der Waals surface area contributed by atoms with Crippen LogP contribution in [0.1, 0.15) is 50.4 Å². The number of ketones is 1. The van der Waals surface area contributed by atoms with Gasteiger partial charge in [0.25, 0.3) is 11.7 Å². The molecule has 1 saturated heterocycles. The summed E-state index contributed by atoms with van der Waals surface area (Å²) in [5.41, 5.74) is 2.22. The maximum atomic E-state index is 13.4. The maximum absolute atomic E-state index is 13.4. The number of aromatic nitrogens is 1. The molecule has 0 radical (unpaired) electrons. The number of rotatable bonds is 6. The van der Waals surface area contributed by atoms with Crippen molar-refractivity contribution in [3.63, 3.8) is 0 Å². The average molecular weight is 487 g/mol. The van der Waals surface area contributed by atoms with Gasteiger partial charge in [0.2, 0.25) is 0 Å². The van der Waals surface area contributed by atoms with Gasteiger partial charge in [-0.2, -0.15) is 0 Å². The van der Waals surface area contributed by atoms with Crippen molar-refractivity contribution in [3.05, 3.63) is 89.3 Å². The van der Waals surface area contributed by atoms with Crippen LogP contribution in [-0.4, -0.2) is 35.5 Å². The van der Waals surface area contributed by atoms with E-state index in [1.807, 2.05) is 33.8 Å². The topological polar surface area (TPSA) is 89.0 Å². The van der Waals surface area contributed by atoms with Crippen molar-refractivity contribution >= 4 is 23.1 Å². The standard InChI is InChI=1S/C29H30N2O5/c1-6-36-21-10-8-20(9-11-21)31-25(18-13-15-30-16-14-18)24(27(33)28(31)34)26(32)19-7-12-23(35-5)22(17-19)29(2,3)4/h7-17,25,32H,6H2,1-5H3/b26-24-. The third-order valence-corrected chi connectivity index (χ3v) is 6.17. The van der Waals surface area contributed by atoms with Gasteiger partial charge in [0.05, 0.1) is 25.3 Å². The third-order valence-electron chi connectivity index (χ3n) is 6.17. The number of pyridine rings is 1. The molecule has 0 aliphatic carbocycles. The van der Waals surface area contributed by atoms with Gasteiger partial charge in [-0.1, -0.05) is 20.8 Å². The van der Waals surface area contributed by atoms with E-state index in [4.69, 9.17) is 9.47 Å². The highest BCUT2D eigenvalue weighted by Crippen LogP contribution is 2.43. The number of carbonyl (C=O) groups excluding carboxylic acids is 2. The van der Waals surface area contributed by atoms with Gasteiger partial charge in [0.15, 0.2) is 0 Å². The Morgan fingerprint density at radius 1 is 1.03 bits per heavy atom. The fourth-order valence-corrected chi connectivity index (χ4v) is 4.43. The molecule has 36 heavy (non-hydrogen) atoms. The Labute approximate surface area is 211 Å². The molecule has 1 unspecified atom stereocenters. The summed E-state index contributed by atoms with van der Waals surface area (Å²) in [6.45, 7) is 8.52. The van der Waals surface area contributed by atoms with E-state index in [2.05, 4.69) is 4.98 Å². The molecule has 3 aromatic rings. The second-order valence-corrected chi connectivity index (χ2v) is 9.54. The number of hydrogen-bond donors (Lipinski definition) is 1. The van der Waals surface area contributed by atoms with E-state index in [0.717, 1.165) is 5.56 Å². The van der Waals surface area contributed by atoms with Crippen molar-refractivity contribution < 1.29 is 24.2 Å². The third kappa shape index (κ3) is 4.56. The van der Waals surface area contributed by atoms with Crippen LogP contribution in [0, 0.1) is 0 Å². The molecule has 1 amide bonds. The lowest BCUT2D eigenvalue weighted by Gasteiger charge is -2.26. The van der Waals surface area contributed by atoms with E-state index in [9.17, 15) is 14.7 Å². The molecular formula is C29H30N2O5. The summed E-state index contributed by atoms with van der Waals surface area (Å²) < 4.78 is 11.0. The SMILES string of the molecule is CCOc1ccc(N2C(=O)C(=O)/C(=C(\O)c3ccc(OC)c(C(C)(C)C)c3)C2c2ccncc2)cc1. The minimum atomic E-state index is -0.828. The Morgan fingerprint density at radius 3 is 2.28 bits per heavy atom. The smallest absolute Gasteiger partial charge is 0.300 e. The summed E-state index contributed by atoms with van der Waals surface area (Å²) in [5, 5.41) is 11.5. The molecule has 1 atom stereocenters. The van der Waals surface area contributed by atoms with Crippen LogP contribution in [0.25, 0.3) is 5.76 Å². The fourth-order valence-electron chi connectivity index (χ4n) is 4.43. The highest BCUT2D eigenvalue weighted by atomic mass is 16.5. The van der Waals surface area contributed by atoms with E-state index >= 15 is 0 Å². The zero-order chi connectivity index (χ0) is 26.0. The highest BCUT2D eigenvalue weighted by Gasteiger charge is 2.47. The monoisotopic (exact) mass is 486 g/mol. The summed E-state index contributed by atoms with van der Waals surface area (Å²) in [5.74, 6) is -0.369. The van der Waals surface area contributed by atoms with Gasteiger partial charge < -0.3 is 14.6 Å². The number of aliphatic hydroxyl groups is 1. The fraction of sp³-hybridized carbons (Fsp3) is 0.276. The van der Waals surface area contributed by atoms with Crippen LogP contribution in [0.3, 0.4) is 0 Å². The molecule has 0 bridgehead atoms. The number of hydrogen-bond acceptors (Lipinski definition) is 6. The molecule has 0 saturated carbocycles. The summed E-state index contributed by atoms with van der Waals surface area (Å²) >= 11 is 0. The number of benzene rings is 2.